The normalized spacial score (nSPS) is 11.4. The molecule has 2 heterocycles. The van der Waals surface area contributed by atoms with Crippen molar-refractivity contribution >= 4 is 23.3 Å². The van der Waals surface area contributed by atoms with Crippen LogP contribution in [0.25, 0.3) is 0 Å². The summed E-state index contributed by atoms with van der Waals surface area (Å²) in [5.41, 5.74) is 3.84. The number of anilines is 1. The molecule has 10 heteroatoms. The molecular weight excluding hydrogens is 323 g/mol. The van der Waals surface area contributed by atoms with Crippen LogP contribution in [0.15, 0.2) is 18.2 Å². The first-order valence-corrected chi connectivity index (χ1v) is 6.36. The third-order valence-corrected chi connectivity index (χ3v) is 2.99. The minimum atomic E-state index is -4.50. The molecule has 0 saturated carbocycles. The number of rotatable bonds is 3. The van der Waals surface area contributed by atoms with Gasteiger partial charge in [-0.1, -0.05) is 11.6 Å². The number of carbonyl (C=O) groups is 1. The summed E-state index contributed by atoms with van der Waals surface area (Å²) < 4.78 is 39.3. The number of halogens is 4. The molecule has 0 bridgehead atoms. The van der Waals surface area contributed by atoms with Gasteiger partial charge in [-0.15, -0.1) is 0 Å². The molecule has 22 heavy (non-hydrogen) atoms. The van der Waals surface area contributed by atoms with Crippen molar-refractivity contribution in [1.82, 2.24) is 20.2 Å². The Balaban J connectivity index is 2.11. The molecule has 2 N–H and O–H groups in total. The molecule has 0 atom stereocenters. The van der Waals surface area contributed by atoms with Gasteiger partial charge in [-0.2, -0.15) is 18.3 Å². The van der Waals surface area contributed by atoms with Gasteiger partial charge in [0.1, 0.15) is 11.0 Å². The van der Waals surface area contributed by atoms with E-state index in [-0.39, 0.29) is 22.4 Å². The van der Waals surface area contributed by atoms with E-state index in [9.17, 15) is 18.0 Å². The molecule has 1 amide bonds. The van der Waals surface area contributed by atoms with Crippen LogP contribution in [0.2, 0.25) is 5.15 Å². The average Bonchev–Trinajstić information content (AvgIpc) is 2.74. The number of carbonyl (C=O) groups excluding carboxylic acids is 1. The van der Waals surface area contributed by atoms with Crippen LogP contribution in [0.5, 0.6) is 0 Å². The highest BCUT2D eigenvalue weighted by Crippen LogP contribution is 2.30. The van der Waals surface area contributed by atoms with E-state index < -0.39 is 17.6 Å². The van der Waals surface area contributed by atoms with Gasteiger partial charge in [0.05, 0.1) is 5.56 Å². The summed E-state index contributed by atoms with van der Waals surface area (Å²) in [5, 5.41) is 4.08. The fourth-order valence-electron chi connectivity index (χ4n) is 1.64. The SMILES string of the molecule is Cc1cc(C(F)(F)F)cc(NNC(=O)c2cc(Cl)n(C)n2)n1. The number of aromatic nitrogens is 3. The zero-order chi connectivity index (χ0) is 16.5. The highest BCUT2D eigenvalue weighted by molar-refractivity contribution is 6.29. The van der Waals surface area contributed by atoms with Crippen molar-refractivity contribution in [3.63, 3.8) is 0 Å². The van der Waals surface area contributed by atoms with Crippen molar-refractivity contribution in [3.8, 4) is 0 Å². The van der Waals surface area contributed by atoms with Gasteiger partial charge >= 0.3 is 6.18 Å². The Morgan fingerprint density at radius 3 is 2.55 bits per heavy atom. The van der Waals surface area contributed by atoms with E-state index in [1.165, 1.54) is 17.7 Å². The molecular formula is C12H11ClF3N5O. The number of pyridine rings is 1. The summed E-state index contributed by atoms with van der Waals surface area (Å²) in [6, 6.07) is 3.02. The molecule has 118 valence electrons. The Morgan fingerprint density at radius 2 is 2.00 bits per heavy atom. The van der Waals surface area contributed by atoms with Crippen molar-refractivity contribution in [3.05, 3.63) is 40.3 Å². The fraction of sp³-hybridized carbons (Fsp3) is 0.250. The van der Waals surface area contributed by atoms with Gasteiger partial charge < -0.3 is 0 Å². The van der Waals surface area contributed by atoms with Crippen molar-refractivity contribution in [2.75, 3.05) is 5.43 Å². The van der Waals surface area contributed by atoms with E-state index in [1.807, 2.05) is 0 Å². The van der Waals surface area contributed by atoms with E-state index in [0.717, 1.165) is 12.1 Å². The van der Waals surface area contributed by atoms with E-state index in [4.69, 9.17) is 11.6 Å². The van der Waals surface area contributed by atoms with Crippen LogP contribution >= 0.6 is 11.6 Å². The van der Waals surface area contributed by atoms with Crippen molar-refractivity contribution in [2.45, 2.75) is 13.1 Å². The number of nitrogens with one attached hydrogen (secondary N) is 2. The molecule has 0 aromatic carbocycles. The minimum Gasteiger partial charge on any atom is -0.282 e. The lowest BCUT2D eigenvalue weighted by Crippen LogP contribution is -2.30. The first-order valence-electron chi connectivity index (χ1n) is 5.98. The maximum absolute atomic E-state index is 12.7. The molecule has 0 aliphatic carbocycles. The Hall–Kier alpha value is -2.29. The van der Waals surface area contributed by atoms with Crippen LogP contribution in [0.1, 0.15) is 21.7 Å². The van der Waals surface area contributed by atoms with E-state index >= 15 is 0 Å². The van der Waals surface area contributed by atoms with Gasteiger partial charge in [-0.05, 0) is 19.1 Å². The Bertz CT molecular complexity index is 694. The predicted octanol–water partition coefficient (Wildman–Crippen LogP) is 2.55. The fourth-order valence-corrected chi connectivity index (χ4v) is 1.78. The largest absolute Gasteiger partial charge is 0.416 e. The molecule has 2 aromatic rings. The number of hydrogen-bond acceptors (Lipinski definition) is 4. The second kappa shape index (κ2) is 5.84. The van der Waals surface area contributed by atoms with Crippen LogP contribution in [-0.4, -0.2) is 20.7 Å². The van der Waals surface area contributed by atoms with E-state index in [1.54, 1.807) is 7.05 Å². The molecule has 6 nitrogen and oxygen atoms in total. The molecule has 0 aliphatic heterocycles. The standard InChI is InChI=1S/C12H11ClF3N5O/c1-6-3-7(12(14,15)16)4-10(17-6)18-19-11(22)8-5-9(13)21(2)20-8/h3-5H,1-2H3,(H,17,18)(H,19,22). The summed E-state index contributed by atoms with van der Waals surface area (Å²) in [4.78, 5) is 15.7. The number of alkyl halides is 3. The minimum absolute atomic E-state index is 0.0173. The monoisotopic (exact) mass is 333 g/mol. The molecule has 2 rings (SSSR count). The van der Waals surface area contributed by atoms with Gasteiger partial charge in [0.15, 0.2) is 5.69 Å². The summed E-state index contributed by atoms with van der Waals surface area (Å²) in [5.74, 6) is -0.790. The van der Waals surface area contributed by atoms with Crippen molar-refractivity contribution in [2.24, 2.45) is 7.05 Å². The molecule has 2 aromatic heterocycles. The second-order valence-electron chi connectivity index (χ2n) is 4.44. The lowest BCUT2D eigenvalue weighted by Gasteiger charge is -2.11. The number of hydrogen-bond donors (Lipinski definition) is 2. The highest BCUT2D eigenvalue weighted by Gasteiger charge is 2.31. The summed E-state index contributed by atoms with van der Waals surface area (Å²) in [6.07, 6.45) is -4.50. The quantitative estimate of drug-likeness (QED) is 0.847. The second-order valence-corrected chi connectivity index (χ2v) is 4.82. The van der Waals surface area contributed by atoms with Gasteiger partial charge in [0.2, 0.25) is 0 Å². The molecule has 0 aliphatic rings. The maximum atomic E-state index is 12.7. The number of nitrogens with zero attached hydrogens (tertiary/aromatic N) is 3. The maximum Gasteiger partial charge on any atom is 0.416 e. The van der Waals surface area contributed by atoms with Crippen LogP contribution < -0.4 is 10.9 Å². The Morgan fingerprint density at radius 1 is 1.32 bits per heavy atom. The van der Waals surface area contributed by atoms with Crippen LogP contribution in [0.4, 0.5) is 19.0 Å². The zero-order valence-corrected chi connectivity index (χ0v) is 12.2. The highest BCUT2D eigenvalue weighted by atomic mass is 35.5. The van der Waals surface area contributed by atoms with E-state index in [2.05, 4.69) is 20.9 Å². The molecule has 0 unspecified atom stereocenters. The van der Waals surface area contributed by atoms with Crippen LogP contribution in [0.3, 0.4) is 0 Å². The lowest BCUT2D eigenvalue weighted by atomic mass is 10.2. The topological polar surface area (TPSA) is 71.8 Å². The Kier molecular flexibility index (Phi) is 4.27. The summed E-state index contributed by atoms with van der Waals surface area (Å²) >= 11 is 5.75. The van der Waals surface area contributed by atoms with Crippen LogP contribution in [0, 0.1) is 6.92 Å². The first-order chi connectivity index (χ1) is 10.2. The predicted molar refractivity (Wildman–Crippen MR) is 73.3 cm³/mol. The van der Waals surface area contributed by atoms with Gasteiger partial charge in [0, 0.05) is 18.8 Å². The first kappa shape index (κ1) is 16.1. The van der Waals surface area contributed by atoms with Crippen LogP contribution in [-0.2, 0) is 13.2 Å². The van der Waals surface area contributed by atoms with Crippen molar-refractivity contribution < 1.29 is 18.0 Å². The van der Waals surface area contributed by atoms with E-state index in [0.29, 0.717) is 0 Å². The summed E-state index contributed by atoms with van der Waals surface area (Å²) in [7, 11) is 1.55. The molecule has 0 radical (unpaired) electrons. The number of aryl methyl sites for hydroxylation is 2. The van der Waals surface area contributed by atoms with Gasteiger partial charge in [-0.25, -0.2) is 4.98 Å². The van der Waals surface area contributed by atoms with Gasteiger partial charge in [-0.3, -0.25) is 20.3 Å². The molecule has 0 fully saturated rings. The smallest absolute Gasteiger partial charge is 0.282 e. The average molecular weight is 334 g/mol. The molecule has 0 saturated heterocycles. The third kappa shape index (κ3) is 3.67. The van der Waals surface area contributed by atoms with Gasteiger partial charge in [0.25, 0.3) is 5.91 Å². The van der Waals surface area contributed by atoms with Crippen molar-refractivity contribution in [1.29, 1.82) is 0 Å². The number of amides is 1. The lowest BCUT2D eigenvalue weighted by molar-refractivity contribution is -0.137. The Labute approximate surface area is 128 Å². The number of hydrazine groups is 1. The third-order valence-electron chi connectivity index (χ3n) is 2.64. The molecule has 0 spiro atoms. The summed E-state index contributed by atoms with van der Waals surface area (Å²) in [6.45, 7) is 1.42. The zero-order valence-electron chi connectivity index (χ0n) is 11.5.